The molecule has 1 atom stereocenters. The molecule has 1 aromatic heterocycles. The molecule has 1 saturated heterocycles. The van der Waals surface area contributed by atoms with Gasteiger partial charge in [0.1, 0.15) is 4.90 Å². The van der Waals surface area contributed by atoms with E-state index in [1.54, 1.807) is 6.92 Å². The van der Waals surface area contributed by atoms with Gasteiger partial charge in [-0.3, -0.25) is 5.10 Å². The summed E-state index contributed by atoms with van der Waals surface area (Å²) in [4.78, 5) is 0.252. The number of nitrogens with one attached hydrogen (secondary N) is 1. The molecule has 6 nitrogen and oxygen atoms in total. The predicted molar refractivity (Wildman–Crippen MR) is 61.9 cm³/mol. The number of sulfonamides is 1. The maximum atomic E-state index is 12.3. The minimum Gasteiger partial charge on any atom is -0.396 e. The molecule has 96 valence electrons. The van der Waals surface area contributed by atoms with Crippen LogP contribution in [0.5, 0.6) is 0 Å². The predicted octanol–water partition coefficient (Wildman–Crippen LogP) is 0.111. The Morgan fingerprint density at radius 3 is 3.00 bits per heavy atom. The van der Waals surface area contributed by atoms with Crippen LogP contribution >= 0.6 is 0 Å². The van der Waals surface area contributed by atoms with E-state index in [1.165, 1.54) is 10.5 Å². The number of hydrogen-bond acceptors (Lipinski definition) is 4. The van der Waals surface area contributed by atoms with Gasteiger partial charge in [-0.15, -0.1) is 0 Å². The molecule has 1 unspecified atom stereocenters. The third kappa shape index (κ3) is 2.36. The molecule has 0 aliphatic carbocycles. The number of nitrogens with zero attached hydrogens (tertiary/aromatic N) is 2. The van der Waals surface area contributed by atoms with E-state index in [4.69, 9.17) is 5.11 Å². The zero-order valence-corrected chi connectivity index (χ0v) is 10.6. The lowest BCUT2D eigenvalue weighted by atomic mass is 10.1. The molecule has 0 bridgehead atoms. The second-order valence-corrected chi connectivity index (χ2v) is 6.30. The van der Waals surface area contributed by atoms with Gasteiger partial charge in [-0.1, -0.05) is 0 Å². The smallest absolute Gasteiger partial charge is 0.246 e. The van der Waals surface area contributed by atoms with Crippen LogP contribution in [0, 0.1) is 12.8 Å². The maximum absolute atomic E-state index is 12.3. The molecule has 1 aliphatic heterocycles. The fraction of sp³-hybridized carbons (Fsp3) is 0.700. The van der Waals surface area contributed by atoms with E-state index in [-0.39, 0.29) is 17.4 Å². The van der Waals surface area contributed by atoms with E-state index < -0.39 is 10.0 Å². The van der Waals surface area contributed by atoms with E-state index in [0.717, 1.165) is 6.42 Å². The van der Waals surface area contributed by atoms with Crippen molar-refractivity contribution in [1.29, 1.82) is 0 Å². The maximum Gasteiger partial charge on any atom is 0.246 e. The molecule has 0 radical (unpaired) electrons. The van der Waals surface area contributed by atoms with Crippen molar-refractivity contribution >= 4 is 10.0 Å². The van der Waals surface area contributed by atoms with Gasteiger partial charge in [0, 0.05) is 19.7 Å². The van der Waals surface area contributed by atoms with Crippen molar-refractivity contribution in [3.05, 3.63) is 11.9 Å². The third-order valence-corrected chi connectivity index (χ3v) is 5.17. The van der Waals surface area contributed by atoms with Crippen LogP contribution in [-0.2, 0) is 10.0 Å². The fourth-order valence-corrected chi connectivity index (χ4v) is 3.82. The average molecular weight is 259 g/mol. The van der Waals surface area contributed by atoms with Crippen LogP contribution < -0.4 is 0 Å². The summed E-state index contributed by atoms with van der Waals surface area (Å²) in [6.45, 7) is 2.83. The van der Waals surface area contributed by atoms with Crippen LogP contribution in [-0.4, -0.2) is 47.7 Å². The highest BCUT2D eigenvalue weighted by atomic mass is 32.2. The lowest BCUT2D eigenvalue weighted by Gasteiger charge is -2.15. The Morgan fingerprint density at radius 2 is 2.41 bits per heavy atom. The first-order valence-electron chi connectivity index (χ1n) is 5.66. The van der Waals surface area contributed by atoms with Gasteiger partial charge < -0.3 is 5.11 Å². The summed E-state index contributed by atoms with van der Waals surface area (Å²) in [5, 5.41) is 15.2. The second kappa shape index (κ2) is 4.75. The first-order valence-corrected chi connectivity index (χ1v) is 7.10. The first-order chi connectivity index (χ1) is 8.05. The summed E-state index contributed by atoms with van der Waals surface area (Å²) in [7, 11) is -3.42. The molecule has 1 aromatic rings. The van der Waals surface area contributed by atoms with Crippen LogP contribution in [0.2, 0.25) is 0 Å². The topological polar surface area (TPSA) is 86.3 Å². The Kier molecular flexibility index (Phi) is 3.50. The molecular weight excluding hydrogens is 242 g/mol. The molecule has 2 N–H and O–H groups in total. The van der Waals surface area contributed by atoms with Crippen molar-refractivity contribution in [2.24, 2.45) is 5.92 Å². The Bertz CT molecular complexity index is 483. The molecule has 2 rings (SSSR count). The van der Waals surface area contributed by atoms with E-state index in [2.05, 4.69) is 10.2 Å². The monoisotopic (exact) mass is 259 g/mol. The van der Waals surface area contributed by atoms with Crippen LogP contribution in [0.1, 0.15) is 18.5 Å². The molecule has 0 amide bonds. The molecule has 1 fully saturated rings. The fourth-order valence-electron chi connectivity index (χ4n) is 2.17. The van der Waals surface area contributed by atoms with Gasteiger partial charge in [0.25, 0.3) is 0 Å². The highest BCUT2D eigenvalue weighted by Crippen LogP contribution is 2.26. The number of aromatic amines is 1. The highest BCUT2D eigenvalue weighted by molar-refractivity contribution is 7.89. The van der Waals surface area contributed by atoms with Crippen molar-refractivity contribution in [2.45, 2.75) is 24.7 Å². The van der Waals surface area contributed by atoms with E-state index >= 15 is 0 Å². The molecular formula is C10H17N3O3S. The molecule has 7 heteroatoms. The molecule has 2 heterocycles. The number of rotatable bonds is 4. The minimum atomic E-state index is -3.42. The van der Waals surface area contributed by atoms with Crippen molar-refractivity contribution < 1.29 is 13.5 Å². The van der Waals surface area contributed by atoms with Gasteiger partial charge in [-0.05, 0) is 25.7 Å². The van der Waals surface area contributed by atoms with E-state index in [1.807, 2.05) is 0 Å². The summed E-state index contributed by atoms with van der Waals surface area (Å²) >= 11 is 0. The number of H-pyrrole nitrogens is 1. The van der Waals surface area contributed by atoms with Gasteiger partial charge >= 0.3 is 0 Å². The highest BCUT2D eigenvalue weighted by Gasteiger charge is 2.33. The number of aromatic nitrogens is 2. The average Bonchev–Trinajstić information content (AvgIpc) is 2.87. The number of aryl methyl sites for hydroxylation is 1. The van der Waals surface area contributed by atoms with Crippen LogP contribution in [0.4, 0.5) is 0 Å². The lowest BCUT2D eigenvalue weighted by molar-refractivity contribution is 0.259. The molecule has 0 saturated carbocycles. The summed E-state index contributed by atoms with van der Waals surface area (Å²) in [6, 6.07) is 0. The standard InChI is InChI=1S/C10H17N3O3S/c1-8-10(6-11-12-8)17(15,16)13-4-2-9(7-13)3-5-14/h6,9,14H,2-5,7H2,1H3,(H,11,12). The second-order valence-electron chi connectivity index (χ2n) is 4.39. The Morgan fingerprint density at radius 1 is 1.65 bits per heavy atom. The molecule has 0 spiro atoms. The zero-order chi connectivity index (χ0) is 12.5. The van der Waals surface area contributed by atoms with E-state index in [9.17, 15) is 8.42 Å². The molecule has 1 aliphatic rings. The van der Waals surface area contributed by atoms with Crippen LogP contribution in [0.25, 0.3) is 0 Å². The Balaban J connectivity index is 2.16. The number of hydrogen-bond donors (Lipinski definition) is 2. The van der Waals surface area contributed by atoms with Gasteiger partial charge in [0.2, 0.25) is 10.0 Å². The van der Waals surface area contributed by atoms with Crippen LogP contribution in [0.15, 0.2) is 11.1 Å². The number of aliphatic hydroxyl groups is 1. The van der Waals surface area contributed by atoms with Crippen molar-refractivity contribution in [2.75, 3.05) is 19.7 Å². The third-order valence-electron chi connectivity index (χ3n) is 3.19. The Hall–Kier alpha value is -0.920. The molecule has 0 aromatic carbocycles. The van der Waals surface area contributed by atoms with Gasteiger partial charge in [-0.2, -0.15) is 9.40 Å². The van der Waals surface area contributed by atoms with Gasteiger partial charge in [0.05, 0.1) is 11.9 Å². The number of aliphatic hydroxyl groups excluding tert-OH is 1. The van der Waals surface area contributed by atoms with Crippen molar-refractivity contribution in [3.8, 4) is 0 Å². The lowest BCUT2D eigenvalue weighted by Crippen LogP contribution is -2.29. The van der Waals surface area contributed by atoms with Crippen molar-refractivity contribution in [1.82, 2.24) is 14.5 Å². The quantitative estimate of drug-likeness (QED) is 0.803. The van der Waals surface area contributed by atoms with E-state index in [0.29, 0.717) is 25.2 Å². The zero-order valence-electron chi connectivity index (χ0n) is 9.76. The summed E-state index contributed by atoms with van der Waals surface area (Å²) < 4.78 is 26.0. The SMILES string of the molecule is Cc1[nH]ncc1S(=O)(=O)N1CCC(CCO)C1. The van der Waals surface area contributed by atoms with Crippen LogP contribution in [0.3, 0.4) is 0 Å². The first kappa shape index (κ1) is 12.5. The Labute approximate surface area is 101 Å². The summed E-state index contributed by atoms with van der Waals surface area (Å²) in [5.41, 5.74) is 0.565. The van der Waals surface area contributed by atoms with Gasteiger partial charge in [-0.25, -0.2) is 8.42 Å². The molecule has 17 heavy (non-hydrogen) atoms. The summed E-state index contributed by atoms with van der Waals surface area (Å²) in [6.07, 6.45) is 2.83. The summed E-state index contributed by atoms with van der Waals surface area (Å²) in [5.74, 6) is 0.266. The van der Waals surface area contributed by atoms with Gasteiger partial charge in [0.15, 0.2) is 0 Å². The van der Waals surface area contributed by atoms with Crippen molar-refractivity contribution in [3.63, 3.8) is 0 Å². The largest absolute Gasteiger partial charge is 0.396 e. The normalized spacial score (nSPS) is 22.1. The minimum absolute atomic E-state index is 0.114.